The summed E-state index contributed by atoms with van der Waals surface area (Å²) in [7, 11) is -2.43. The summed E-state index contributed by atoms with van der Waals surface area (Å²) < 4.78 is 38.6. The fourth-order valence-electron chi connectivity index (χ4n) is 2.32. The number of hydrogen-bond donors (Lipinski definition) is 2. The van der Waals surface area contributed by atoms with E-state index in [0.29, 0.717) is 18.0 Å². The van der Waals surface area contributed by atoms with Crippen molar-refractivity contribution in [1.29, 1.82) is 0 Å². The van der Waals surface area contributed by atoms with Crippen LogP contribution in [0.5, 0.6) is 0 Å². The number of nitrogens with zero attached hydrogens (tertiary/aromatic N) is 2. The summed E-state index contributed by atoms with van der Waals surface area (Å²) in [6, 6.07) is 9.37. The summed E-state index contributed by atoms with van der Waals surface area (Å²) >= 11 is 0. The van der Waals surface area contributed by atoms with E-state index in [4.69, 9.17) is 4.42 Å². The van der Waals surface area contributed by atoms with Gasteiger partial charge in [-0.3, -0.25) is 10.00 Å². The van der Waals surface area contributed by atoms with Gasteiger partial charge >= 0.3 is 6.09 Å². The van der Waals surface area contributed by atoms with E-state index in [9.17, 15) is 13.2 Å². The smallest absolute Gasteiger partial charge is 0.411 e. The normalized spacial score (nSPS) is 11.3. The van der Waals surface area contributed by atoms with E-state index >= 15 is 0 Å². The molecular weight excluding hydrogens is 372 g/mol. The van der Waals surface area contributed by atoms with Crippen LogP contribution in [-0.4, -0.2) is 37.9 Å². The van der Waals surface area contributed by atoms with Crippen LogP contribution in [0, 0.1) is 0 Å². The van der Waals surface area contributed by atoms with Gasteiger partial charge < -0.3 is 9.15 Å². The van der Waals surface area contributed by atoms with Crippen LogP contribution in [0.2, 0.25) is 0 Å². The van der Waals surface area contributed by atoms with Gasteiger partial charge in [0.2, 0.25) is 10.0 Å². The second-order valence-corrected chi connectivity index (χ2v) is 7.28. The number of aromatic nitrogens is 2. The summed E-state index contributed by atoms with van der Waals surface area (Å²) in [6.45, 7) is 0.533. The fourth-order valence-corrected chi connectivity index (χ4v) is 3.34. The molecule has 0 atom stereocenters. The number of sulfonamides is 1. The maximum absolute atomic E-state index is 12.3. The molecule has 0 fully saturated rings. The van der Waals surface area contributed by atoms with Gasteiger partial charge in [-0.05, 0) is 36.4 Å². The lowest BCUT2D eigenvalue weighted by molar-refractivity contribution is 0.187. The van der Waals surface area contributed by atoms with E-state index in [1.807, 2.05) is 6.07 Å². The first-order valence-corrected chi connectivity index (χ1v) is 9.47. The number of ether oxygens (including phenoxy) is 1. The molecule has 0 aliphatic carbocycles. The van der Waals surface area contributed by atoms with Gasteiger partial charge in [0.15, 0.2) is 0 Å². The molecule has 142 valence electrons. The van der Waals surface area contributed by atoms with Crippen LogP contribution in [0.4, 0.5) is 10.5 Å². The van der Waals surface area contributed by atoms with Crippen molar-refractivity contribution in [3.05, 3.63) is 55.1 Å². The number of anilines is 1. The number of carbonyl (C=O) groups is 1. The summed E-state index contributed by atoms with van der Waals surface area (Å²) in [5.41, 5.74) is 1.25. The predicted octanol–water partition coefficient (Wildman–Crippen LogP) is 2.30. The molecule has 0 aliphatic rings. The Labute approximate surface area is 156 Å². The SMILES string of the molecule is COC(=O)Nc1ccc(S(=O)(=O)NCCn2cc(-c3ccco3)cn2)cc1. The van der Waals surface area contributed by atoms with Crippen LogP contribution in [0.1, 0.15) is 0 Å². The van der Waals surface area contributed by atoms with Crippen molar-refractivity contribution < 1.29 is 22.4 Å². The van der Waals surface area contributed by atoms with Crippen molar-refractivity contribution in [2.45, 2.75) is 11.4 Å². The largest absolute Gasteiger partial charge is 0.464 e. The molecule has 0 unspecified atom stereocenters. The predicted molar refractivity (Wildman–Crippen MR) is 97.6 cm³/mol. The van der Waals surface area contributed by atoms with Crippen molar-refractivity contribution in [2.24, 2.45) is 0 Å². The van der Waals surface area contributed by atoms with Crippen LogP contribution in [-0.2, 0) is 21.3 Å². The summed E-state index contributed by atoms with van der Waals surface area (Å²) in [4.78, 5) is 11.2. The zero-order valence-electron chi connectivity index (χ0n) is 14.5. The first-order valence-electron chi connectivity index (χ1n) is 7.99. The summed E-state index contributed by atoms with van der Waals surface area (Å²) in [5.74, 6) is 0.697. The maximum Gasteiger partial charge on any atom is 0.411 e. The van der Waals surface area contributed by atoms with E-state index in [-0.39, 0.29) is 11.4 Å². The highest BCUT2D eigenvalue weighted by molar-refractivity contribution is 7.89. The lowest BCUT2D eigenvalue weighted by Gasteiger charge is -2.08. The summed E-state index contributed by atoms with van der Waals surface area (Å²) in [5, 5.41) is 6.63. The molecule has 2 aromatic heterocycles. The number of nitrogens with one attached hydrogen (secondary N) is 2. The van der Waals surface area contributed by atoms with E-state index in [1.54, 1.807) is 29.4 Å². The highest BCUT2D eigenvalue weighted by Crippen LogP contribution is 2.18. The average molecular weight is 390 g/mol. The molecule has 1 amide bonds. The molecule has 27 heavy (non-hydrogen) atoms. The lowest BCUT2D eigenvalue weighted by Crippen LogP contribution is -2.27. The Kier molecular flexibility index (Phi) is 5.57. The van der Waals surface area contributed by atoms with Crippen LogP contribution in [0.3, 0.4) is 0 Å². The van der Waals surface area contributed by atoms with Crippen LogP contribution < -0.4 is 10.0 Å². The first-order chi connectivity index (χ1) is 13.0. The Bertz CT molecular complexity index is 994. The minimum Gasteiger partial charge on any atom is -0.464 e. The van der Waals surface area contributed by atoms with Crippen molar-refractivity contribution in [1.82, 2.24) is 14.5 Å². The molecule has 0 saturated heterocycles. The molecule has 2 N–H and O–H groups in total. The molecule has 3 aromatic rings. The zero-order chi connectivity index (χ0) is 19.3. The van der Waals surface area contributed by atoms with Crippen LogP contribution in [0.15, 0.2) is 64.4 Å². The van der Waals surface area contributed by atoms with Crippen molar-refractivity contribution in [2.75, 3.05) is 19.0 Å². The van der Waals surface area contributed by atoms with E-state index in [2.05, 4.69) is 19.9 Å². The zero-order valence-corrected chi connectivity index (χ0v) is 15.3. The van der Waals surface area contributed by atoms with E-state index in [0.717, 1.165) is 5.56 Å². The van der Waals surface area contributed by atoms with Gasteiger partial charge in [0.1, 0.15) is 5.76 Å². The molecule has 0 radical (unpaired) electrons. The number of amides is 1. The Balaban J connectivity index is 1.56. The highest BCUT2D eigenvalue weighted by Gasteiger charge is 2.14. The number of furan rings is 1. The number of hydrogen-bond acceptors (Lipinski definition) is 6. The quantitative estimate of drug-likeness (QED) is 0.640. The molecule has 1 aromatic carbocycles. The molecule has 2 heterocycles. The first kappa shape index (κ1) is 18.7. The topological polar surface area (TPSA) is 115 Å². The van der Waals surface area contributed by atoms with Crippen molar-refractivity contribution in [3.8, 4) is 11.3 Å². The average Bonchev–Trinajstić information content (AvgIpc) is 3.33. The Hall–Kier alpha value is -3.11. The minimum absolute atomic E-state index is 0.0923. The molecule has 3 rings (SSSR count). The number of methoxy groups -OCH3 is 1. The van der Waals surface area contributed by atoms with E-state index < -0.39 is 16.1 Å². The van der Waals surface area contributed by atoms with E-state index in [1.165, 1.54) is 31.4 Å². The van der Waals surface area contributed by atoms with Gasteiger partial charge in [0.05, 0.1) is 36.6 Å². The second kappa shape index (κ2) is 8.06. The standard InChI is InChI=1S/C17H18N4O5S/c1-25-17(22)20-14-4-6-15(7-5-14)27(23,24)19-8-9-21-12-13(11-18-21)16-3-2-10-26-16/h2-7,10-12,19H,8-9H2,1H3,(H,20,22). The van der Waals surface area contributed by atoms with Gasteiger partial charge in [-0.1, -0.05) is 0 Å². The van der Waals surface area contributed by atoms with Gasteiger partial charge in [-0.25, -0.2) is 17.9 Å². The lowest BCUT2D eigenvalue weighted by atomic mass is 10.3. The third kappa shape index (κ3) is 4.74. The van der Waals surface area contributed by atoms with Crippen LogP contribution in [0.25, 0.3) is 11.3 Å². The third-order valence-electron chi connectivity index (χ3n) is 3.67. The molecule has 9 nitrogen and oxygen atoms in total. The number of benzene rings is 1. The molecule has 10 heteroatoms. The monoisotopic (exact) mass is 390 g/mol. The second-order valence-electron chi connectivity index (χ2n) is 5.51. The number of carbonyl (C=O) groups excluding carboxylic acids is 1. The molecular formula is C17H18N4O5S. The molecule has 0 aliphatic heterocycles. The van der Waals surface area contributed by atoms with Gasteiger partial charge in [-0.15, -0.1) is 0 Å². The van der Waals surface area contributed by atoms with Crippen molar-refractivity contribution >= 4 is 21.8 Å². The fraction of sp³-hybridized carbons (Fsp3) is 0.176. The highest BCUT2D eigenvalue weighted by atomic mass is 32.2. The number of rotatable bonds is 7. The molecule has 0 saturated carbocycles. The van der Waals surface area contributed by atoms with Crippen LogP contribution >= 0.6 is 0 Å². The van der Waals surface area contributed by atoms with Gasteiger partial charge in [-0.2, -0.15) is 5.10 Å². The molecule has 0 bridgehead atoms. The maximum atomic E-state index is 12.3. The van der Waals surface area contributed by atoms with Gasteiger partial charge in [0, 0.05) is 18.4 Å². The minimum atomic E-state index is -3.67. The van der Waals surface area contributed by atoms with Crippen molar-refractivity contribution in [3.63, 3.8) is 0 Å². The molecule has 0 spiro atoms. The third-order valence-corrected chi connectivity index (χ3v) is 5.15. The van der Waals surface area contributed by atoms with Gasteiger partial charge in [0.25, 0.3) is 0 Å². The Morgan fingerprint density at radius 1 is 1.26 bits per heavy atom. The summed E-state index contributed by atoms with van der Waals surface area (Å²) in [6.07, 6.45) is 4.38. The Morgan fingerprint density at radius 3 is 2.70 bits per heavy atom. The Morgan fingerprint density at radius 2 is 2.04 bits per heavy atom.